The van der Waals surface area contributed by atoms with Crippen molar-refractivity contribution in [3.63, 3.8) is 0 Å². The molecule has 2 aliphatic rings. The van der Waals surface area contributed by atoms with E-state index < -0.39 is 0 Å². The maximum Gasteiger partial charge on any atom is 0.0821 e. The number of piperidine rings is 1. The van der Waals surface area contributed by atoms with Gasteiger partial charge in [0, 0.05) is 19.1 Å². The van der Waals surface area contributed by atoms with E-state index in [4.69, 9.17) is 9.47 Å². The van der Waals surface area contributed by atoms with Crippen molar-refractivity contribution in [3.05, 3.63) is 35.9 Å². The topological polar surface area (TPSA) is 24.9 Å². The molecular formula is C19H30N2O2. The molecule has 1 unspecified atom stereocenters. The summed E-state index contributed by atoms with van der Waals surface area (Å²) in [6, 6.07) is 11.5. The van der Waals surface area contributed by atoms with Crippen LogP contribution in [0, 0.1) is 0 Å². The number of benzene rings is 1. The molecule has 2 heterocycles. The van der Waals surface area contributed by atoms with Crippen LogP contribution in [0.15, 0.2) is 30.3 Å². The standard InChI is InChI=1S/C19H30N2O2/c1-20(15-17-5-3-2-4-6-17)18-7-10-21(11-8-18)12-9-19-16-22-13-14-23-19/h2-6,18-19H,7-16H2,1H3. The van der Waals surface area contributed by atoms with Crippen molar-refractivity contribution < 1.29 is 9.47 Å². The predicted octanol–water partition coefficient (Wildman–Crippen LogP) is 2.39. The van der Waals surface area contributed by atoms with Crippen LogP contribution in [0.5, 0.6) is 0 Å². The van der Waals surface area contributed by atoms with E-state index in [1.807, 2.05) is 0 Å². The van der Waals surface area contributed by atoms with E-state index in [0.29, 0.717) is 12.1 Å². The first-order chi connectivity index (χ1) is 11.3. The van der Waals surface area contributed by atoms with Gasteiger partial charge in [0.25, 0.3) is 0 Å². The summed E-state index contributed by atoms with van der Waals surface area (Å²) >= 11 is 0. The van der Waals surface area contributed by atoms with Crippen LogP contribution in [0.3, 0.4) is 0 Å². The lowest BCUT2D eigenvalue weighted by Gasteiger charge is -2.37. The van der Waals surface area contributed by atoms with Crippen molar-refractivity contribution in [1.29, 1.82) is 0 Å². The third kappa shape index (κ3) is 5.28. The van der Waals surface area contributed by atoms with Crippen LogP contribution in [0.4, 0.5) is 0 Å². The summed E-state index contributed by atoms with van der Waals surface area (Å²) in [5.41, 5.74) is 1.41. The monoisotopic (exact) mass is 318 g/mol. The fourth-order valence-corrected chi connectivity index (χ4v) is 3.61. The molecule has 0 amide bonds. The summed E-state index contributed by atoms with van der Waals surface area (Å²) in [6.07, 6.45) is 3.95. The molecule has 0 spiro atoms. The molecule has 3 rings (SSSR count). The minimum absolute atomic E-state index is 0.308. The Morgan fingerprint density at radius 2 is 1.91 bits per heavy atom. The van der Waals surface area contributed by atoms with Crippen LogP contribution in [0.25, 0.3) is 0 Å². The van der Waals surface area contributed by atoms with Crippen molar-refractivity contribution in [2.24, 2.45) is 0 Å². The van der Waals surface area contributed by atoms with Crippen molar-refractivity contribution in [2.45, 2.75) is 38.0 Å². The second-order valence-corrected chi connectivity index (χ2v) is 6.83. The van der Waals surface area contributed by atoms with Gasteiger partial charge in [-0.1, -0.05) is 30.3 Å². The van der Waals surface area contributed by atoms with Crippen molar-refractivity contribution in [3.8, 4) is 0 Å². The summed E-state index contributed by atoms with van der Waals surface area (Å²) in [7, 11) is 2.26. The zero-order valence-corrected chi connectivity index (χ0v) is 14.3. The zero-order chi connectivity index (χ0) is 15.9. The molecular weight excluding hydrogens is 288 g/mol. The van der Waals surface area contributed by atoms with Gasteiger partial charge in [-0.05, 0) is 45.0 Å². The summed E-state index contributed by atoms with van der Waals surface area (Å²) < 4.78 is 11.2. The third-order valence-corrected chi connectivity index (χ3v) is 5.11. The summed E-state index contributed by atoms with van der Waals surface area (Å²) in [5, 5.41) is 0. The lowest BCUT2D eigenvalue weighted by Crippen LogP contribution is -2.44. The van der Waals surface area contributed by atoms with E-state index in [0.717, 1.165) is 39.3 Å². The lowest BCUT2D eigenvalue weighted by atomic mass is 10.0. The van der Waals surface area contributed by atoms with Gasteiger partial charge in [-0.25, -0.2) is 0 Å². The largest absolute Gasteiger partial charge is 0.376 e. The van der Waals surface area contributed by atoms with Gasteiger partial charge in [0.15, 0.2) is 0 Å². The van der Waals surface area contributed by atoms with E-state index in [9.17, 15) is 0 Å². The highest BCUT2D eigenvalue weighted by Crippen LogP contribution is 2.18. The fourth-order valence-electron chi connectivity index (χ4n) is 3.61. The minimum atomic E-state index is 0.308. The summed E-state index contributed by atoms with van der Waals surface area (Å²) in [6.45, 7) is 6.90. The first kappa shape index (κ1) is 16.9. The first-order valence-corrected chi connectivity index (χ1v) is 8.97. The lowest BCUT2D eigenvalue weighted by molar-refractivity contribution is -0.0932. The fraction of sp³-hybridized carbons (Fsp3) is 0.684. The Morgan fingerprint density at radius 1 is 1.13 bits per heavy atom. The molecule has 2 aliphatic heterocycles. The van der Waals surface area contributed by atoms with Gasteiger partial charge in [0.2, 0.25) is 0 Å². The van der Waals surface area contributed by atoms with Crippen LogP contribution in [-0.2, 0) is 16.0 Å². The van der Waals surface area contributed by atoms with Crippen LogP contribution in [-0.4, -0.2) is 68.4 Å². The van der Waals surface area contributed by atoms with E-state index in [1.54, 1.807) is 0 Å². The number of rotatable bonds is 6. The molecule has 0 saturated carbocycles. The van der Waals surface area contributed by atoms with Crippen LogP contribution >= 0.6 is 0 Å². The molecule has 0 aliphatic carbocycles. The first-order valence-electron chi connectivity index (χ1n) is 8.97. The van der Waals surface area contributed by atoms with Gasteiger partial charge in [0.05, 0.1) is 25.9 Å². The smallest absolute Gasteiger partial charge is 0.0821 e. The minimum Gasteiger partial charge on any atom is -0.376 e. The van der Waals surface area contributed by atoms with Gasteiger partial charge in [-0.3, -0.25) is 4.90 Å². The molecule has 1 atom stereocenters. The molecule has 2 fully saturated rings. The highest BCUT2D eigenvalue weighted by atomic mass is 16.6. The molecule has 2 saturated heterocycles. The molecule has 0 N–H and O–H groups in total. The van der Waals surface area contributed by atoms with Crippen LogP contribution in [0.2, 0.25) is 0 Å². The number of likely N-dealkylation sites (tertiary alicyclic amines) is 1. The maximum atomic E-state index is 5.73. The van der Waals surface area contributed by atoms with Crippen molar-refractivity contribution in [2.75, 3.05) is 46.5 Å². The Hall–Kier alpha value is -0.940. The normalized spacial score (nSPS) is 24.2. The highest BCUT2D eigenvalue weighted by molar-refractivity contribution is 5.14. The Bertz CT molecular complexity index is 440. The molecule has 1 aromatic carbocycles. The SMILES string of the molecule is CN(Cc1ccccc1)C1CCN(CCC2COCCO2)CC1. The average Bonchev–Trinajstić information content (AvgIpc) is 2.62. The second-order valence-electron chi connectivity index (χ2n) is 6.83. The predicted molar refractivity (Wildman–Crippen MR) is 92.5 cm³/mol. The van der Waals surface area contributed by atoms with Crippen molar-refractivity contribution in [1.82, 2.24) is 9.80 Å². The van der Waals surface area contributed by atoms with Gasteiger partial charge < -0.3 is 14.4 Å². The summed E-state index contributed by atoms with van der Waals surface area (Å²) in [5.74, 6) is 0. The third-order valence-electron chi connectivity index (χ3n) is 5.11. The van der Waals surface area contributed by atoms with Gasteiger partial charge in [0.1, 0.15) is 0 Å². The molecule has 23 heavy (non-hydrogen) atoms. The zero-order valence-electron chi connectivity index (χ0n) is 14.3. The van der Waals surface area contributed by atoms with E-state index in [2.05, 4.69) is 47.2 Å². The summed E-state index contributed by atoms with van der Waals surface area (Å²) in [4.78, 5) is 5.11. The van der Waals surface area contributed by atoms with E-state index >= 15 is 0 Å². The second kappa shape index (κ2) is 8.78. The Balaban J connectivity index is 1.36. The molecule has 0 radical (unpaired) electrons. The van der Waals surface area contributed by atoms with Gasteiger partial charge in [-0.15, -0.1) is 0 Å². The molecule has 1 aromatic rings. The highest BCUT2D eigenvalue weighted by Gasteiger charge is 2.23. The quantitative estimate of drug-likeness (QED) is 0.804. The van der Waals surface area contributed by atoms with Crippen LogP contribution in [0.1, 0.15) is 24.8 Å². The maximum absolute atomic E-state index is 5.73. The number of ether oxygens (including phenoxy) is 2. The Labute approximate surface area is 140 Å². The molecule has 4 heteroatoms. The molecule has 0 aromatic heterocycles. The molecule has 0 bridgehead atoms. The van der Waals surface area contributed by atoms with E-state index in [-0.39, 0.29) is 0 Å². The average molecular weight is 318 g/mol. The number of hydrogen-bond acceptors (Lipinski definition) is 4. The van der Waals surface area contributed by atoms with E-state index in [1.165, 1.54) is 31.5 Å². The van der Waals surface area contributed by atoms with Gasteiger partial charge >= 0.3 is 0 Å². The number of hydrogen-bond donors (Lipinski definition) is 0. The Kier molecular flexibility index (Phi) is 6.46. The Morgan fingerprint density at radius 3 is 2.61 bits per heavy atom. The van der Waals surface area contributed by atoms with Gasteiger partial charge in [-0.2, -0.15) is 0 Å². The molecule has 128 valence electrons. The molecule has 4 nitrogen and oxygen atoms in total. The number of nitrogens with zero attached hydrogens (tertiary/aromatic N) is 2. The van der Waals surface area contributed by atoms with Crippen molar-refractivity contribution >= 4 is 0 Å². The van der Waals surface area contributed by atoms with Crippen LogP contribution < -0.4 is 0 Å².